The number of carbonyl (C=O) groups is 1. The molecule has 0 radical (unpaired) electrons. The predicted octanol–water partition coefficient (Wildman–Crippen LogP) is 0.688. The Morgan fingerprint density at radius 3 is 2.72 bits per heavy atom. The Morgan fingerprint density at radius 1 is 1.50 bits per heavy atom. The van der Waals surface area contributed by atoms with Gasteiger partial charge >= 0.3 is 0 Å². The van der Waals surface area contributed by atoms with Gasteiger partial charge in [-0.05, 0) is 6.92 Å². The van der Waals surface area contributed by atoms with Crippen molar-refractivity contribution >= 4 is 17.5 Å². The second kappa shape index (κ2) is 8.30. The van der Waals surface area contributed by atoms with Crippen LogP contribution in [0.5, 0.6) is 0 Å². The number of hydrogen-bond acceptors (Lipinski definition) is 4. The fourth-order valence-corrected chi connectivity index (χ4v) is 1.99. The van der Waals surface area contributed by atoms with Crippen LogP contribution >= 0.6 is 11.6 Å². The third kappa shape index (κ3) is 5.21. The van der Waals surface area contributed by atoms with Gasteiger partial charge in [0.05, 0.1) is 25.7 Å². The van der Waals surface area contributed by atoms with Crippen LogP contribution in [0.1, 0.15) is 13.3 Å². The normalized spacial score (nSPS) is 18.1. The van der Waals surface area contributed by atoms with E-state index < -0.39 is 5.38 Å². The summed E-state index contributed by atoms with van der Waals surface area (Å²) in [6.07, 6.45) is 0.346. The van der Waals surface area contributed by atoms with E-state index in [-0.39, 0.29) is 5.91 Å². The van der Waals surface area contributed by atoms with Crippen LogP contribution in [0.2, 0.25) is 0 Å². The highest BCUT2D eigenvalue weighted by molar-refractivity contribution is 6.30. The molecule has 102 valence electrons. The lowest BCUT2D eigenvalue weighted by molar-refractivity contribution is -0.130. The van der Waals surface area contributed by atoms with Gasteiger partial charge in [0.2, 0.25) is 5.91 Å². The van der Waals surface area contributed by atoms with E-state index >= 15 is 0 Å². The maximum Gasteiger partial charge on any atom is 0.240 e. The van der Waals surface area contributed by atoms with Crippen molar-refractivity contribution in [2.24, 2.45) is 0 Å². The van der Waals surface area contributed by atoms with Crippen molar-refractivity contribution in [1.29, 1.82) is 5.26 Å². The molecule has 1 aliphatic heterocycles. The number of hydrogen-bond donors (Lipinski definition) is 0. The predicted molar refractivity (Wildman–Crippen MR) is 69.4 cm³/mol. The summed E-state index contributed by atoms with van der Waals surface area (Å²) in [4.78, 5) is 15.8. The molecule has 1 unspecified atom stereocenters. The van der Waals surface area contributed by atoms with E-state index in [4.69, 9.17) is 21.6 Å². The third-order valence-electron chi connectivity index (χ3n) is 2.94. The highest BCUT2D eigenvalue weighted by Gasteiger charge is 2.19. The topological polar surface area (TPSA) is 56.6 Å². The number of ether oxygens (including phenoxy) is 1. The van der Waals surface area contributed by atoms with Crippen molar-refractivity contribution in [2.45, 2.75) is 18.7 Å². The molecule has 1 saturated heterocycles. The van der Waals surface area contributed by atoms with Gasteiger partial charge in [0, 0.05) is 32.7 Å². The molecule has 0 spiro atoms. The lowest BCUT2D eigenvalue weighted by Gasteiger charge is -2.30. The molecular weight excluding hydrogens is 254 g/mol. The van der Waals surface area contributed by atoms with Gasteiger partial charge in [-0.25, -0.2) is 0 Å². The van der Waals surface area contributed by atoms with Crippen LogP contribution in [-0.2, 0) is 9.53 Å². The van der Waals surface area contributed by atoms with Crippen molar-refractivity contribution in [3.8, 4) is 6.07 Å². The molecule has 0 aliphatic carbocycles. The average molecular weight is 274 g/mol. The summed E-state index contributed by atoms with van der Waals surface area (Å²) < 4.78 is 5.27. The van der Waals surface area contributed by atoms with Crippen molar-refractivity contribution in [3.63, 3.8) is 0 Å². The Hall–Kier alpha value is -0.830. The maximum atomic E-state index is 11.9. The molecule has 0 aromatic rings. The maximum absolute atomic E-state index is 11.9. The van der Waals surface area contributed by atoms with Crippen LogP contribution in [0.4, 0.5) is 0 Å². The minimum atomic E-state index is -0.534. The van der Waals surface area contributed by atoms with Crippen LogP contribution in [0.3, 0.4) is 0 Å². The number of alkyl halides is 1. The van der Waals surface area contributed by atoms with Gasteiger partial charge in [0.15, 0.2) is 0 Å². The first-order valence-electron chi connectivity index (χ1n) is 6.25. The first-order chi connectivity index (χ1) is 8.65. The van der Waals surface area contributed by atoms with E-state index in [9.17, 15) is 4.79 Å². The summed E-state index contributed by atoms with van der Waals surface area (Å²) in [5, 5.41) is 8.07. The first kappa shape index (κ1) is 15.2. The minimum Gasteiger partial charge on any atom is -0.379 e. The first-order valence-corrected chi connectivity index (χ1v) is 6.68. The molecule has 6 heteroatoms. The van der Waals surface area contributed by atoms with E-state index in [1.165, 1.54) is 0 Å². The number of halogens is 1. The van der Waals surface area contributed by atoms with Gasteiger partial charge in [-0.2, -0.15) is 5.26 Å². The Morgan fingerprint density at radius 2 is 2.17 bits per heavy atom. The van der Waals surface area contributed by atoms with Crippen molar-refractivity contribution in [1.82, 2.24) is 9.80 Å². The molecule has 1 amide bonds. The van der Waals surface area contributed by atoms with E-state index in [0.29, 0.717) is 19.5 Å². The Bertz CT molecular complexity index is 298. The molecule has 1 rings (SSSR count). The molecule has 1 aliphatic rings. The van der Waals surface area contributed by atoms with Gasteiger partial charge in [-0.1, -0.05) is 0 Å². The standard InChI is InChI=1S/C12H20ClN3O2/c1-11(13)12(17)16(4-2-3-14)6-5-15-7-9-18-10-8-15/h11H,2,4-10H2,1H3. The monoisotopic (exact) mass is 273 g/mol. The number of rotatable bonds is 6. The molecule has 1 atom stereocenters. The molecule has 0 saturated carbocycles. The number of morpholine rings is 1. The fraction of sp³-hybridized carbons (Fsp3) is 0.833. The van der Waals surface area contributed by atoms with E-state index in [2.05, 4.69) is 11.0 Å². The summed E-state index contributed by atoms with van der Waals surface area (Å²) >= 11 is 5.82. The minimum absolute atomic E-state index is 0.0971. The molecule has 1 fully saturated rings. The van der Waals surface area contributed by atoms with Gasteiger partial charge in [-0.15, -0.1) is 11.6 Å². The number of amides is 1. The van der Waals surface area contributed by atoms with Crippen LogP contribution in [0.15, 0.2) is 0 Å². The lowest BCUT2D eigenvalue weighted by atomic mass is 10.3. The number of carbonyl (C=O) groups excluding carboxylic acids is 1. The zero-order valence-electron chi connectivity index (χ0n) is 10.8. The van der Waals surface area contributed by atoms with E-state index in [0.717, 1.165) is 32.8 Å². The van der Waals surface area contributed by atoms with E-state index in [1.54, 1.807) is 11.8 Å². The van der Waals surface area contributed by atoms with Crippen molar-refractivity contribution < 1.29 is 9.53 Å². The lowest BCUT2D eigenvalue weighted by Crippen LogP contribution is -2.44. The quantitative estimate of drug-likeness (QED) is 0.668. The molecule has 5 nitrogen and oxygen atoms in total. The third-order valence-corrected chi connectivity index (χ3v) is 3.12. The molecule has 0 aromatic heterocycles. The zero-order valence-corrected chi connectivity index (χ0v) is 11.5. The zero-order chi connectivity index (χ0) is 13.4. The number of nitriles is 1. The molecule has 0 N–H and O–H groups in total. The Kier molecular flexibility index (Phi) is 7.02. The van der Waals surface area contributed by atoms with Gasteiger partial charge < -0.3 is 9.64 Å². The van der Waals surface area contributed by atoms with Gasteiger partial charge in [0.1, 0.15) is 5.38 Å². The average Bonchev–Trinajstić information content (AvgIpc) is 2.39. The van der Waals surface area contributed by atoms with Crippen LogP contribution in [0.25, 0.3) is 0 Å². The molecule has 0 aromatic carbocycles. The molecule has 0 bridgehead atoms. The Labute approximate surface area is 113 Å². The summed E-state index contributed by atoms with van der Waals surface area (Å²) in [6.45, 7) is 6.85. The second-order valence-corrected chi connectivity index (χ2v) is 4.96. The van der Waals surface area contributed by atoms with Crippen molar-refractivity contribution in [3.05, 3.63) is 0 Å². The van der Waals surface area contributed by atoms with Crippen LogP contribution in [0, 0.1) is 11.3 Å². The highest BCUT2D eigenvalue weighted by atomic mass is 35.5. The highest BCUT2D eigenvalue weighted by Crippen LogP contribution is 2.04. The van der Waals surface area contributed by atoms with Crippen LogP contribution in [-0.4, -0.2) is 67.0 Å². The Balaban J connectivity index is 2.39. The summed E-state index contributed by atoms with van der Waals surface area (Å²) in [6, 6.07) is 2.06. The van der Waals surface area contributed by atoms with Crippen LogP contribution < -0.4 is 0 Å². The SMILES string of the molecule is CC(Cl)C(=O)N(CCC#N)CCN1CCOCC1. The molecule has 18 heavy (non-hydrogen) atoms. The summed E-state index contributed by atoms with van der Waals surface area (Å²) in [7, 11) is 0. The summed E-state index contributed by atoms with van der Waals surface area (Å²) in [5.41, 5.74) is 0. The fourth-order valence-electron chi connectivity index (χ4n) is 1.86. The summed E-state index contributed by atoms with van der Waals surface area (Å²) in [5.74, 6) is -0.0971. The molecular formula is C12H20ClN3O2. The van der Waals surface area contributed by atoms with Gasteiger partial charge in [0.25, 0.3) is 0 Å². The van der Waals surface area contributed by atoms with E-state index in [1.807, 2.05) is 0 Å². The van der Waals surface area contributed by atoms with Gasteiger partial charge in [-0.3, -0.25) is 9.69 Å². The number of nitrogens with zero attached hydrogens (tertiary/aromatic N) is 3. The molecule has 1 heterocycles. The largest absolute Gasteiger partial charge is 0.379 e. The smallest absolute Gasteiger partial charge is 0.240 e. The second-order valence-electron chi connectivity index (χ2n) is 4.30. The van der Waals surface area contributed by atoms with Crippen molar-refractivity contribution in [2.75, 3.05) is 45.9 Å².